The first-order valence-corrected chi connectivity index (χ1v) is 11.0. The molecule has 2 aromatic rings. The molecule has 28 heavy (non-hydrogen) atoms. The molecule has 150 valence electrons. The fourth-order valence-electron chi connectivity index (χ4n) is 4.12. The first kappa shape index (κ1) is 18.8. The van der Waals surface area contributed by atoms with Crippen LogP contribution in [-0.4, -0.2) is 49.8 Å². The van der Waals surface area contributed by atoms with E-state index in [0.29, 0.717) is 23.7 Å². The average molecular weight is 405 g/mol. The SMILES string of the molecule is COc1cc(OC)cc(C2CC(=O)Nc3c2c(C)nn3C2CCS(=O)(=O)C2)c1. The van der Waals surface area contributed by atoms with Gasteiger partial charge in [-0.2, -0.15) is 5.10 Å². The van der Waals surface area contributed by atoms with E-state index in [9.17, 15) is 13.2 Å². The Balaban J connectivity index is 1.81. The summed E-state index contributed by atoms with van der Waals surface area (Å²) in [6.07, 6.45) is 0.780. The Bertz CT molecular complexity index is 1020. The van der Waals surface area contributed by atoms with Gasteiger partial charge in [0, 0.05) is 24.0 Å². The van der Waals surface area contributed by atoms with E-state index in [0.717, 1.165) is 16.8 Å². The van der Waals surface area contributed by atoms with Gasteiger partial charge in [0.1, 0.15) is 17.3 Å². The van der Waals surface area contributed by atoms with Crippen molar-refractivity contribution in [2.45, 2.75) is 31.7 Å². The molecule has 2 atom stereocenters. The molecule has 0 radical (unpaired) electrons. The Morgan fingerprint density at radius 3 is 2.43 bits per heavy atom. The van der Waals surface area contributed by atoms with Crippen molar-refractivity contribution in [2.75, 3.05) is 31.0 Å². The van der Waals surface area contributed by atoms with E-state index in [1.54, 1.807) is 25.0 Å². The van der Waals surface area contributed by atoms with E-state index in [4.69, 9.17) is 9.47 Å². The third-order valence-corrected chi connectivity index (χ3v) is 7.21. The molecule has 0 spiro atoms. The number of carbonyl (C=O) groups is 1. The van der Waals surface area contributed by atoms with Crippen LogP contribution >= 0.6 is 0 Å². The smallest absolute Gasteiger partial charge is 0.226 e. The van der Waals surface area contributed by atoms with E-state index in [-0.39, 0.29) is 35.8 Å². The Hall–Kier alpha value is -2.55. The van der Waals surface area contributed by atoms with Gasteiger partial charge < -0.3 is 14.8 Å². The number of benzene rings is 1. The molecule has 2 unspecified atom stereocenters. The maximum Gasteiger partial charge on any atom is 0.226 e. The van der Waals surface area contributed by atoms with Crippen molar-refractivity contribution in [3.8, 4) is 11.5 Å². The van der Waals surface area contributed by atoms with E-state index in [2.05, 4.69) is 10.4 Å². The van der Waals surface area contributed by atoms with Crippen LogP contribution in [0, 0.1) is 6.92 Å². The molecule has 0 bridgehead atoms. The van der Waals surface area contributed by atoms with Crippen molar-refractivity contribution < 1.29 is 22.7 Å². The summed E-state index contributed by atoms with van der Waals surface area (Å²) < 4.78 is 36.3. The van der Waals surface area contributed by atoms with Crippen LogP contribution in [0.15, 0.2) is 18.2 Å². The van der Waals surface area contributed by atoms with E-state index < -0.39 is 9.84 Å². The minimum absolute atomic E-state index is 0.0497. The maximum absolute atomic E-state index is 12.5. The zero-order valence-corrected chi connectivity index (χ0v) is 16.9. The summed E-state index contributed by atoms with van der Waals surface area (Å²) in [5, 5.41) is 7.52. The number of nitrogens with zero attached hydrogens (tertiary/aromatic N) is 2. The Morgan fingerprint density at radius 2 is 1.86 bits per heavy atom. The number of methoxy groups -OCH3 is 2. The molecule has 1 fully saturated rings. The summed E-state index contributed by atoms with van der Waals surface area (Å²) in [7, 11) is 0.105. The zero-order chi connectivity index (χ0) is 20.1. The van der Waals surface area contributed by atoms with Crippen LogP contribution in [0.1, 0.15) is 41.6 Å². The molecule has 0 aliphatic carbocycles. The fraction of sp³-hybridized carbons (Fsp3) is 0.474. The summed E-state index contributed by atoms with van der Waals surface area (Å²) in [5.74, 6) is 1.76. The second-order valence-corrected chi connectivity index (χ2v) is 9.53. The molecule has 1 aromatic carbocycles. The number of rotatable bonds is 4. The topological polar surface area (TPSA) is 99.5 Å². The summed E-state index contributed by atoms with van der Waals surface area (Å²) in [5.41, 5.74) is 2.60. The molecule has 1 saturated heterocycles. The fourth-order valence-corrected chi connectivity index (χ4v) is 5.81. The van der Waals surface area contributed by atoms with Gasteiger partial charge in [-0.3, -0.25) is 4.79 Å². The average Bonchev–Trinajstić information content (AvgIpc) is 3.19. The lowest BCUT2D eigenvalue weighted by Gasteiger charge is -2.26. The third kappa shape index (κ3) is 3.23. The number of nitrogens with one attached hydrogen (secondary N) is 1. The van der Waals surface area contributed by atoms with Crippen LogP contribution in [-0.2, 0) is 14.6 Å². The first-order valence-electron chi connectivity index (χ1n) is 9.13. The van der Waals surface area contributed by atoms with Gasteiger partial charge >= 0.3 is 0 Å². The van der Waals surface area contributed by atoms with Gasteiger partial charge in [-0.1, -0.05) is 0 Å². The molecule has 0 saturated carbocycles. The van der Waals surface area contributed by atoms with Crippen LogP contribution in [0.4, 0.5) is 5.82 Å². The van der Waals surface area contributed by atoms with Gasteiger partial charge in [0.15, 0.2) is 9.84 Å². The highest BCUT2D eigenvalue weighted by molar-refractivity contribution is 7.91. The molecular formula is C19H23N3O5S. The molecule has 4 rings (SSSR count). The highest BCUT2D eigenvalue weighted by Gasteiger charge is 2.37. The van der Waals surface area contributed by atoms with Gasteiger partial charge in [0.2, 0.25) is 5.91 Å². The van der Waals surface area contributed by atoms with Crippen molar-refractivity contribution in [1.82, 2.24) is 9.78 Å². The van der Waals surface area contributed by atoms with Crippen molar-refractivity contribution >= 4 is 21.6 Å². The Morgan fingerprint density at radius 1 is 1.18 bits per heavy atom. The van der Waals surface area contributed by atoms with Crippen LogP contribution in [0.3, 0.4) is 0 Å². The molecular weight excluding hydrogens is 382 g/mol. The number of hydrogen-bond acceptors (Lipinski definition) is 6. The number of sulfone groups is 1. The number of fused-ring (bicyclic) bond motifs is 1. The van der Waals surface area contributed by atoms with Gasteiger partial charge in [-0.15, -0.1) is 0 Å². The lowest BCUT2D eigenvalue weighted by molar-refractivity contribution is -0.116. The van der Waals surface area contributed by atoms with E-state index in [1.165, 1.54) is 0 Å². The van der Waals surface area contributed by atoms with E-state index >= 15 is 0 Å². The number of amides is 1. The summed E-state index contributed by atoms with van der Waals surface area (Å²) in [6.45, 7) is 1.89. The molecule has 8 nitrogen and oxygen atoms in total. The number of anilines is 1. The predicted octanol–water partition coefficient (Wildman–Crippen LogP) is 2.04. The lowest BCUT2D eigenvalue weighted by atomic mass is 9.85. The van der Waals surface area contributed by atoms with Gasteiger partial charge in [0.25, 0.3) is 0 Å². The van der Waals surface area contributed by atoms with Crippen molar-refractivity contribution in [2.24, 2.45) is 0 Å². The molecule has 1 aromatic heterocycles. The van der Waals surface area contributed by atoms with Crippen molar-refractivity contribution in [3.63, 3.8) is 0 Å². The second-order valence-electron chi connectivity index (χ2n) is 7.30. The lowest BCUT2D eigenvalue weighted by Crippen LogP contribution is -2.26. The van der Waals surface area contributed by atoms with Gasteiger partial charge in [-0.25, -0.2) is 13.1 Å². The van der Waals surface area contributed by atoms with Crippen LogP contribution in [0.5, 0.6) is 11.5 Å². The Labute approximate surface area is 163 Å². The highest BCUT2D eigenvalue weighted by atomic mass is 32.2. The van der Waals surface area contributed by atoms with Crippen molar-refractivity contribution in [3.05, 3.63) is 35.0 Å². The maximum atomic E-state index is 12.5. The largest absolute Gasteiger partial charge is 0.497 e. The molecule has 9 heteroatoms. The summed E-state index contributed by atoms with van der Waals surface area (Å²) in [6, 6.07) is 5.32. The minimum atomic E-state index is -3.06. The summed E-state index contributed by atoms with van der Waals surface area (Å²) >= 11 is 0. The second kappa shape index (κ2) is 6.80. The van der Waals surface area contributed by atoms with Crippen LogP contribution < -0.4 is 14.8 Å². The van der Waals surface area contributed by atoms with Crippen molar-refractivity contribution in [1.29, 1.82) is 0 Å². The number of ether oxygens (including phenoxy) is 2. The van der Waals surface area contributed by atoms with Gasteiger partial charge in [0.05, 0.1) is 37.5 Å². The van der Waals surface area contributed by atoms with Crippen LogP contribution in [0.2, 0.25) is 0 Å². The standard InChI is InChI=1S/C19H23N3O5S/c1-11-18-16(12-6-14(26-2)8-15(7-12)27-3)9-17(23)20-19(18)22(21-11)13-4-5-28(24,25)10-13/h6-8,13,16H,4-5,9-10H2,1-3H3,(H,20,23). The molecule has 2 aliphatic rings. The predicted molar refractivity (Wildman–Crippen MR) is 104 cm³/mol. The molecule has 2 aliphatic heterocycles. The normalized spacial score (nSPS) is 23.2. The quantitative estimate of drug-likeness (QED) is 0.836. The highest BCUT2D eigenvalue weighted by Crippen LogP contribution is 2.43. The third-order valence-electron chi connectivity index (χ3n) is 5.46. The number of aryl methyl sites for hydroxylation is 1. The number of aromatic nitrogens is 2. The molecule has 3 heterocycles. The molecule has 1 amide bonds. The zero-order valence-electron chi connectivity index (χ0n) is 16.1. The van der Waals surface area contributed by atoms with E-state index in [1.807, 2.05) is 19.1 Å². The van der Waals surface area contributed by atoms with Gasteiger partial charge in [-0.05, 0) is 31.0 Å². The molecule has 1 N–H and O–H groups in total. The first-order chi connectivity index (χ1) is 13.3. The minimum Gasteiger partial charge on any atom is -0.497 e. The van der Waals surface area contributed by atoms with Crippen LogP contribution in [0.25, 0.3) is 0 Å². The Kier molecular flexibility index (Phi) is 4.57. The summed E-state index contributed by atoms with van der Waals surface area (Å²) in [4.78, 5) is 12.5. The number of carbonyl (C=O) groups excluding carboxylic acids is 1. The number of hydrogen-bond donors (Lipinski definition) is 1. The monoisotopic (exact) mass is 405 g/mol.